The van der Waals surface area contributed by atoms with E-state index in [9.17, 15) is 9.59 Å². The molecule has 7 heteroatoms. The number of aromatic nitrogens is 1. The Hall–Kier alpha value is -1.63. The predicted molar refractivity (Wildman–Crippen MR) is 90.2 cm³/mol. The van der Waals surface area contributed by atoms with Crippen LogP contribution in [0, 0.1) is 5.92 Å². The summed E-state index contributed by atoms with van der Waals surface area (Å²) in [7, 11) is 1.76. The smallest absolute Gasteiger partial charge is 0.410 e. The van der Waals surface area contributed by atoms with E-state index in [1.165, 1.54) is 0 Å². The van der Waals surface area contributed by atoms with Crippen LogP contribution in [0.25, 0.3) is 0 Å². The largest absolute Gasteiger partial charge is 0.444 e. The van der Waals surface area contributed by atoms with E-state index in [4.69, 9.17) is 4.74 Å². The average Bonchev–Trinajstić information content (AvgIpc) is 2.40. The third-order valence-corrected chi connectivity index (χ3v) is 3.93. The van der Waals surface area contributed by atoms with E-state index in [2.05, 4.69) is 20.9 Å². The minimum atomic E-state index is -0.483. The van der Waals surface area contributed by atoms with E-state index < -0.39 is 5.60 Å². The molecule has 1 aliphatic rings. The molecule has 0 N–H and O–H groups in total. The van der Waals surface area contributed by atoms with Crippen molar-refractivity contribution in [3.63, 3.8) is 0 Å². The number of carbonyl (C=O) groups is 2. The number of amides is 2. The highest BCUT2D eigenvalue weighted by Gasteiger charge is 2.34. The van der Waals surface area contributed by atoms with Gasteiger partial charge in [0.1, 0.15) is 10.2 Å². The second-order valence-electron chi connectivity index (χ2n) is 6.81. The highest BCUT2D eigenvalue weighted by atomic mass is 79.9. The van der Waals surface area contributed by atoms with Crippen molar-refractivity contribution in [1.29, 1.82) is 0 Å². The molecule has 1 aromatic rings. The molecule has 126 valence electrons. The van der Waals surface area contributed by atoms with E-state index in [0.717, 1.165) is 0 Å². The molecule has 0 unspecified atom stereocenters. The fourth-order valence-electron chi connectivity index (χ4n) is 2.35. The van der Waals surface area contributed by atoms with E-state index in [1.54, 1.807) is 35.2 Å². The van der Waals surface area contributed by atoms with Gasteiger partial charge in [-0.3, -0.25) is 4.79 Å². The Labute approximate surface area is 144 Å². The van der Waals surface area contributed by atoms with Gasteiger partial charge in [0.15, 0.2) is 0 Å². The van der Waals surface area contributed by atoms with Crippen LogP contribution in [0.5, 0.6) is 0 Å². The van der Waals surface area contributed by atoms with Crippen molar-refractivity contribution in [3.8, 4) is 0 Å². The van der Waals surface area contributed by atoms with Gasteiger partial charge in [0.2, 0.25) is 0 Å². The van der Waals surface area contributed by atoms with Crippen LogP contribution in [0.4, 0.5) is 4.79 Å². The molecule has 1 fully saturated rings. The summed E-state index contributed by atoms with van der Waals surface area (Å²) >= 11 is 3.25. The summed E-state index contributed by atoms with van der Waals surface area (Å²) in [6.07, 6.45) is 1.26. The second kappa shape index (κ2) is 6.86. The third kappa shape index (κ3) is 4.92. The van der Waals surface area contributed by atoms with Crippen LogP contribution in [0.2, 0.25) is 0 Å². The molecule has 2 rings (SSSR count). The highest BCUT2D eigenvalue weighted by Crippen LogP contribution is 2.20. The molecule has 0 spiro atoms. The Kier molecular flexibility index (Phi) is 5.29. The van der Waals surface area contributed by atoms with Crippen LogP contribution in [-0.4, -0.2) is 59.1 Å². The Balaban J connectivity index is 1.80. The fourth-order valence-corrected chi connectivity index (χ4v) is 2.59. The lowest BCUT2D eigenvalue weighted by Gasteiger charge is -2.41. The minimum Gasteiger partial charge on any atom is -0.444 e. The molecule has 0 bridgehead atoms. The van der Waals surface area contributed by atoms with Crippen molar-refractivity contribution < 1.29 is 14.3 Å². The molecule has 1 aromatic heterocycles. The molecule has 1 aliphatic heterocycles. The first-order valence-electron chi connectivity index (χ1n) is 7.50. The van der Waals surface area contributed by atoms with Crippen LogP contribution in [0.15, 0.2) is 22.9 Å². The predicted octanol–water partition coefficient (Wildman–Crippen LogP) is 2.78. The lowest BCUT2D eigenvalue weighted by Crippen LogP contribution is -2.55. The van der Waals surface area contributed by atoms with Gasteiger partial charge >= 0.3 is 6.09 Å². The summed E-state index contributed by atoms with van der Waals surface area (Å²) in [6.45, 7) is 7.38. The van der Waals surface area contributed by atoms with Gasteiger partial charge < -0.3 is 14.5 Å². The summed E-state index contributed by atoms with van der Waals surface area (Å²) in [4.78, 5) is 31.6. The number of hydrogen-bond acceptors (Lipinski definition) is 4. The molecule has 6 nitrogen and oxygen atoms in total. The van der Waals surface area contributed by atoms with E-state index in [0.29, 0.717) is 29.8 Å². The van der Waals surface area contributed by atoms with Gasteiger partial charge in [0, 0.05) is 38.8 Å². The zero-order valence-corrected chi connectivity index (χ0v) is 15.5. The Morgan fingerprint density at radius 2 is 2.04 bits per heavy atom. The first-order valence-corrected chi connectivity index (χ1v) is 8.30. The molecule has 0 aromatic carbocycles. The molecular formula is C16H22BrN3O3. The van der Waals surface area contributed by atoms with Crippen LogP contribution in [-0.2, 0) is 4.74 Å². The van der Waals surface area contributed by atoms with E-state index >= 15 is 0 Å². The van der Waals surface area contributed by atoms with Crippen LogP contribution >= 0.6 is 15.9 Å². The van der Waals surface area contributed by atoms with Crippen molar-refractivity contribution in [1.82, 2.24) is 14.8 Å². The molecular weight excluding hydrogens is 362 g/mol. The van der Waals surface area contributed by atoms with Gasteiger partial charge in [0.05, 0.1) is 5.56 Å². The summed E-state index contributed by atoms with van der Waals surface area (Å²) in [5, 5.41) is 0. The van der Waals surface area contributed by atoms with Gasteiger partial charge in [-0.05, 0) is 48.8 Å². The van der Waals surface area contributed by atoms with Crippen molar-refractivity contribution in [2.45, 2.75) is 26.4 Å². The number of hydrogen-bond donors (Lipinski definition) is 0. The van der Waals surface area contributed by atoms with Gasteiger partial charge in [-0.25, -0.2) is 9.78 Å². The summed E-state index contributed by atoms with van der Waals surface area (Å²) in [5.74, 6) is 0.209. The SMILES string of the molecule is CN(CC1CN(C(=O)OC(C)(C)C)C1)C(=O)c1ccc(Br)nc1. The number of carbonyl (C=O) groups excluding carboxylic acids is 2. The van der Waals surface area contributed by atoms with Gasteiger partial charge in [0.25, 0.3) is 5.91 Å². The van der Waals surface area contributed by atoms with Gasteiger partial charge in [-0.2, -0.15) is 0 Å². The first-order chi connectivity index (χ1) is 10.7. The summed E-state index contributed by atoms with van der Waals surface area (Å²) < 4.78 is 6.01. The number of nitrogens with zero attached hydrogens (tertiary/aromatic N) is 3. The Morgan fingerprint density at radius 3 is 2.57 bits per heavy atom. The maximum absolute atomic E-state index is 12.3. The summed E-state index contributed by atoms with van der Waals surface area (Å²) in [5.41, 5.74) is 0.0720. The number of likely N-dealkylation sites (tertiary alicyclic amines) is 1. The van der Waals surface area contributed by atoms with Crippen molar-refractivity contribution in [3.05, 3.63) is 28.5 Å². The Morgan fingerprint density at radius 1 is 1.39 bits per heavy atom. The van der Waals surface area contributed by atoms with Gasteiger partial charge in [-0.1, -0.05) is 0 Å². The van der Waals surface area contributed by atoms with Crippen molar-refractivity contribution in [2.24, 2.45) is 5.92 Å². The first kappa shape index (κ1) is 17.7. The second-order valence-corrected chi connectivity index (χ2v) is 7.62. The zero-order chi connectivity index (χ0) is 17.2. The number of ether oxygens (including phenoxy) is 1. The average molecular weight is 384 g/mol. The highest BCUT2D eigenvalue weighted by molar-refractivity contribution is 9.10. The normalized spacial score (nSPS) is 15.1. The molecule has 2 amide bonds. The molecule has 0 atom stereocenters. The fraction of sp³-hybridized carbons (Fsp3) is 0.562. The van der Waals surface area contributed by atoms with E-state index in [-0.39, 0.29) is 17.9 Å². The molecule has 23 heavy (non-hydrogen) atoms. The Bertz CT molecular complexity index is 577. The number of halogens is 1. The maximum Gasteiger partial charge on any atom is 0.410 e. The van der Waals surface area contributed by atoms with Crippen molar-refractivity contribution >= 4 is 27.9 Å². The quantitative estimate of drug-likeness (QED) is 0.752. The third-order valence-electron chi connectivity index (χ3n) is 3.46. The lowest BCUT2D eigenvalue weighted by molar-refractivity contribution is -0.00448. The molecule has 0 aliphatic carbocycles. The molecule has 0 radical (unpaired) electrons. The topological polar surface area (TPSA) is 62.7 Å². The van der Waals surface area contributed by atoms with Crippen molar-refractivity contribution in [2.75, 3.05) is 26.7 Å². The summed E-state index contributed by atoms with van der Waals surface area (Å²) in [6, 6.07) is 3.48. The van der Waals surface area contributed by atoms with Crippen LogP contribution in [0.3, 0.4) is 0 Å². The molecule has 2 heterocycles. The molecule has 1 saturated heterocycles. The standard InChI is InChI=1S/C16H22BrN3O3/c1-16(2,3)23-15(22)20-9-11(10-20)8-19(4)14(21)12-5-6-13(17)18-7-12/h5-7,11H,8-10H2,1-4H3. The number of rotatable bonds is 3. The minimum absolute atomic E-state index is 0.0688. The number of pyridine rings is 1. The maximum atomic E-state index is 12.3. The molecule has 0 saturated carbocycles. The monoisotopic (exact) mass is 383 g/mol. The zero-order valence-electron chi connectivity index (χ0n) is 13.9. The van der Waals surface area contributed by atoms with Gasteiger partial charge in [-0.15, -0.1) is 0 Å². The van der Waals surface area contributed by atoms with Crippen LogP contribution in [0.1, 0.15) is 31.1 Å². The van der Waals surface area contributed by atoms with Crippen LogP contribution < -0.4 is 0 Å². The lowest BCUT2D eigenvalue weighted by atomic mass is 10.00. The van der Waals surface area contributed by atoms with E-state index in [1.807, 2.05) is 20.8 Å².